The van der Waals surface area contributed by atoms with E-state index in [9.17, 15) is 0 Å². The van der Waals surface area contributed by atoms with Crippen LogP contribution in [0.3, 0.4) is 0 Å². The maximum atomic E-state index is 5.93. The number of nitrogen functional groups attached to an aromatic ring is 1. The molecule has 2 N–H and O–H groups in total. The monoisotopic (exact) mass is 332 g/mol. The molecule has 6 heteroatoms. The first kappa shape index (κ1) is 12.9. The van der Waals surface area contributed by atoms with E-state index in [1.165, 1.54) is 0 Å². The molecule has 0 amide bonds. The number of aromatic nitrogens is 3. The molecule has 5 nitrogen and oxygen atoms in total. The molecule has 0 saturated heterocycles. The molecular formula is C14H13BrN4O. The van der Waals surface area contributed by atoms with Crippen molar-refractivity contribution in [1.82, 2.24) is 14.8 Å². The van der Waals surface area contributed by atoms with Crippen molar-refractivity contribution >= 4 is 32.8 Å². The number of ether oxygens (including phenoxy) is 1. The average molecular weight is 333 g/mol. The predicted molar refractivity (Wildman–Crippen MR) is 81.7 cm³/mol. The summed E-state index contributed by atoms with van der Waals surface area (Å²) in [5.41, 5.74) is 7.82. The zero-order valence-electron chi connectivity index (χ0n) is 10.9. The number of halogens is 1. The molecule has 0 saturated carbocycles. The van der Waals surface area contributed by atoms with Gasteiger partial charge in [0.25, 0.3) is 0 Å². The van der Waals surface area contributed by atoms with Crippen LogP contribution in [0.2, 0.25) is 0 Å². The van der Waals surface area contributed by atoms with Gasteiger partial charge >= 0.3 is 0 Å². The number of benzene rings is 1. The van der Waals surface area contributed by atoms with Crippen molar-refractivity contribution in [2.45, 2.75) is 6.54 Å². The third-order valence-electron chi connectivity index (χ3n) is 3.07. The molecule has 0 spiro atoms. The van der Waals surface area contributed by atoms with Crippen LogP contribution in [-0.4, -0.2) is 21.9 Å². The van der Waals surface area contributed by atoms with Gasteiger partial charge in [0.1, 0.15) is 5.75 Å². The van der Waals surface area contributed by atoms with Crippen LogP contribution in [0.25, 0.3) is 11.0 Å². The fourth-order valence-electron chi connectivity index (χ4n) is 2.07. The van der Waals surface area contributed by atoms with Crippen molar-refractivity contribution in [2.75, 3.05) is 12.8 Å². The lowest BCUT2D eigenvalue weighted by molar-refractivity contribution is 0.414. The molecule has 0 bridgehead atoms. The van der Waals surface area contributed by atoms with Crippen molar-refractivity contribution in [3.05, 3.63) is 46.6 Å². The van der Waals surface area contributed by atoms with Crippen LogP contribution in [0.5, 0.6) is 5.75 Å². The standard InChI is InChI=1S/C14H13BrN4O/c1-20-11-4-2-9(3-5-11)8-19-14-12(13(16)18-19)6-10(15)7-17-14/h2-7H,8H2,1H3,(H2,16,18). The Labute approximate surface area is 124 Å². The molecule has 2 heterocycles. The van der Waals surface area contributed by atoms with Gasteiger partial charge in [-0.1, -0.05) is 12.1 Å². The number of nitrogens with two attached hydrogens (primary N) is 1. The molecule has 0 radical (unpaired) electrons. The SMILES string of the molecule is COc1ccc(Cn2nc(N)c3cc(Br)cnc32)cc1. The van der Waals surface area contributed by atoms with E-state index in [-0.39, 0.29) is 0 Å². The zero-order valence-corrected chi connectivity index (χ0v) is 12.5. The summed E-state index contributed by atoms with van der Waals surface area (Å²) in [5.74, 6) is 1.32. The van der Waals surface area contributed by atoms with Gasteiger partial charge in [-0.3, -0.25) is 0 Å². The van der Waals surface area contributed by atoms with Crippen LogP contribution >= 0.6 is 15.9 Å². The third-order valence-corrected chi connectivity index (χ3v) is 3.51. The van der Waals surface area contributed by atoms with Crippen molar-refractivity contribution < 1.29 is 4.74 Å². The summed E-state index contributed by atoms with van der Waals surface area (Å²) in [4.78, 5) is 4.38. The Morgan fingerprint density at radius 1 is 1.30 bits per heavy atom. The number of fused-ring (bicyclic) bond motifs is 1. The number of methoxy groups -OCH3 is 1. The van der Waals surface area contributed by atoms with Crippen molar-refractivity contribution in [2.24, 2.45) is 0 Å². The van der Waals surface area contributed by atoms with Crippen molar-refractivity contribution in [3.63, 3.8) is 0 Å². The second-order valence-electron chi connectivity index (χ2n) is 4.42. The fourth-order valence-corrected chi connectivity index (χ4v) is 2.40. The van der Waals surface area contributed by atoms with Gasteiger partial charge in [0.15, 0.2) is 11.5 Å². The van der Waals surface area contributed by atoms with Crippen molar-refractivity contribution in [3.8, 4) is 5.75 Å². The molecule has 0 aliphatic heterocycles. The lowest BCUT2D eigenvalue weighted by Gasteiger charge is -2.04. The van der Waals surface area contributed by atoms with E-state index in [1.807, 2.05) is 30.3 Å². The first-order valence-corrected chi connectivity index (χ1v) is 6.87. The molecule has 20 heavy (non-hydrogen) atoms. The van der Waals surface area contributed by atoms with E-state index in [2.05, 4.69) is 26.0 Å². The minimum Gasteiger partial charge on any atom is -0.497 e. The highest BCUT2D eigenvalue weighted by molar-refractivity contribution is 9.10. The molecule has 0 aliphatic carbocycles. The van der Waals surface area contributed by atoms with E-state index >= 15 is 0 Å². The molecular weight excluding hydrogens is 320 g/mol. The molecule has 0 fully saturated rings. The average Bonchev–Trinajstić information content (AvgIpc) is 2.76. The Morgan fingerprint density at radius 3 is 2.75 bits per heavy atom. The van der Waals surface area contributed by atoms with Gasteiger partial charge in [-0.05, 0) is 39.7 Å². The smallest absolute Gasteiger partial charge is 0.160 e. The Morgan fingerprint density at radius 2 is 2.05 bits per heavy atom. The van der Waals surface area contributed by atoms with E-state index in [0.717, 1.165) is 26.8 Å². The Hall–Kier alpha value is -2.08. The minimum absolute atomic E-state index is 0.488. The summed E-state index contributed by atoms with van der Waals surface area (Å²) in [7, 11) is 1.65. The second kappa shape index (κ2) is 5.13. The largest absolute Gasteiger partial charge is 0.497 e. The molecule has 3 aromatic rings. The van der Waals surface area contributed by atoms with Gasteiger partial charge in [-0.25, -0.2) is 9.67 Å². The minimum atomic E-state index is 0.488. The normalized spacial score (nSPS) is 10.9. The summed E-state index contributed by atoms with van der Waals surface area (Å²) in [5, 5.41) is 5.20. The van der Waals surface area contributed by atoms with Gasteiger partial charge in [0.2, 0.25) is 0 Å². The molecule has 102 valence electrons. The summed E-state index contributed by atoms with van der Waals surface area (Å²) < 4.78 is 7.84. The number of hydrogen-bond acceptors (Lipinski definition) is 4. The summed E-state index contributed by atoms with van der Waals surface area (Å²) in [6.45, 7) is 0.617. The summed E-state index contributed by atoms with van der Waals surface area (Å²) in [6.07, 6.45) is 1.74. The highest BCUT2D eigenvalue weighted by Gasteiger charge is 2.10. The van der Waals surface area contributed by atoms with Gasteiger partial charge in [-0.2, -0.15) is 5.10 Å². The first-order chi connectivity index (χ1) is 9.67. The maximum absolute atomic E-state index is 5.93. The highest BCUT2D eigenvalue weighted by atomic mass is 79.9. The Balaban J connectivity index is 1.97. The molecule has 1 aromatic carbocycles. The Kier molecular flexibility index (Phi) is 3.31. The summed E-state index contributed by atoms with van der Waals surface area (Å²) >= 11 is 3.39. The molecule has 0 unspecified atom stereocenters. The quantitative estimate of drug-likeness (QED) is 0.800. The number of anilines is 1. The number of pyridine rings is 1. The maximum Gasteiger partial charge on any atom is 0.160 e. The second-order valence-corrected chi connectivity index (χ2v) is 5.33. The van der Waals surface area contributed by atoms with Crippen LogP contribution in [0.15, 0.2) is 41.0 Å². The van der Waals surface area contributed by atoms with Crippen LogP contribution in [0.4, 0.5) is 5.82 Å². The zero-order chi connectivity index (χ0) is 14.1. The summed E-state index contributed by atoms with van der Waals surface area (Å²) in [6, 6.07) is 9.78. The predicted octanol–water partition coefficient (Wildman–Crippen LogP) is 2.83. The van der Waals surface area contributed by atoms with E-state index in [1.54, 1.807) is 18.0 Å². The number of hydrogen-bond donors (Lipinski definition) is 1. The lowest BCUT2D eigenvalue weighted by Crippen LogP contribution is -2.03. The van der Waals surface area contributed by atoms with Crippen LogP contribution < -0.4 is 10.5 Å². The van der Waals surface area contributed by atoms with E-state index in [0.29, 0.717) is 12.4 Å². The number of nitrogens with zero attached hydrogens (tertiary/aromatic N) is 3. The fraction of sp³-hybridized carbons (Fsp3) is 0.143. The van der Waals surface area contributed by atoms with E-state index in [4.69, 9.17) is 10.5 Å². The number of rotatable bonds is 3. The lowest BCUT2D eigenvalue weighted by atomic mass is 10.2. The van der Waals surface area contributed by atoms with Crippen molar-refractivity contribution in [1.29, 1.82) is 0 Å². The molecule has 0 aliphatic rings. The topological polar surface area (TPSA) is 66.0 Å². The molecule has 2 aromatic heterocycles. The van der Waals surface area contributed by atoms with Crippen LogP contribution in [0.1, 0.15) is 5.56 Å². The molecule has 3 rings (SSSR count). The first-order valence-electron chi connectivity index (χ1n) is 6.08. The highest BCUT2D eigenvalue weighted by Crippen LogP contribution is 2.23. The van der Waals surface area contributed by atoms with Crippen LogP contribution in [0, 0.1) is 0 Å². The third kappa shape index (κ3) is 2.34. The van der Waals surface area contributed by atoms with E-state index < -0.39 is 0 Å². The van der Waals surface area contributed by atoms with Gasteiger partial charge < -0.3 is 10.5 Å². The van der Waals surface area contributed by atoms with Crippen LogP contribution in [-0.2, 0) is 6.54 Å². The van der Waals surface area contributed by atoms with Gasteiger partial charge in [0.05, 0.1) is 19.0 Å². The van der Waals surface area contributed by atoms with Gasteiger partial charge in [-0.15, -0.1) is 0 Å². The van der Waals surface area contributed by atoms with Gasteiger partial charge in [0, 0.05) is 10.7 Å². The Bertz CT molecular complexity index is 752. The molecule has 0 atom stereocenters.